The normalized spacial score (nSPS) is 12.0. The zero-order valence-electron chi connectivity index (χ0n) is 16.3. The predicted molar refractivity (Wildman–Crippen MR) is 111 cm³/mol. The van der Waals surface area contributed by atoms with Gasteiger partial charge in [0.2, 0.25) is 0 Å². The van der Waals surface area contributed by atoms with Gasteiger partial charge >= 0.3 is 0 Å². The van der Waals surface area contributed by atoms with Crippen LogP contribution in [0.15, 0.2) is 55.5 Å². The first-order chi connectivity index (χ1) is 15.2. The van der Waals surface area contributed by atoms with E-state index in [9.17, 15) is 5.26 Å². The molecule has 0 aliphatic rings. The minimum atomic E-state index is -0.303. The van der Waals surface area contributed by atoms with E-state index in [1.165, 1.54) is 12.5 Å². The van der Waals surface area contributed by atoms with Gasteiger partial charge in [0.05, 0.1) is 35.1 Å². The van der Waals surface area contributed by atoms with E-state index in [2.05, 4.69) is 36.3 Å². The van der Waals surface area contributed by atoms with Crippen molar-refractivity contribution in [1.29, 1.82) is 5.26 Å². The summed E-state index contributed by atoms with van der Waals surface area (Å²) >= 11 is 0. The van der Waals surface area contributed by atoms with Gasteiger partial charge in [0.1, 0.15) is 29.6 Å². The second-order valence-corrected chi connectivity index (χ2v) is 6.80. The Balaban J connectivity index is 1.63. The van der Waals surface area contributed by atoms with Crippen molar-refractivity contribution in [3.63, 3.8) is 0 Å². The standard InChI is InChI=1S/C20H15N11/c1-12(16-10-30(29-27-16)15-3-2-4-23-9-15)31-20-17(19(22)25-11-26-20)18(28-31)14-5-13(6-21)7-24-8-14/h2-5,7-12H,1H3,(H2,22,25,26). The molecule has 11 heteroatoms. The number of fused-ring (bicyclic) bond motifs is 1. The minimum Gasteiger partial charge on any atom is -0.383 e. The van der Waals surface area contributed by atoms with Crippen LogP contribution in [0.3, 0.4) is 0 Å². The molecule has 11 nitrogen and oxygen atoms in total. The molecule has 1 atom stereocenters. The van der Waals surface area contributed by atoms with Crippen LogP contribution < -0.4 is 5.73 Å². The van der Waals surface area contributed by atoms with Crippen LogP contribution in [0.25, 0.3) is 28.0 Å². The van der Waals surface area contributed by atoms with Crippen LogP contribution in [0.2, 0.25) is 0 Å². The summed E-state index contributed by atoms with van der Waals surface area (Å²) in [5.41, 5.74) is 9.81. The Morgan fingerprint density at radius 2 is 2.06 bits per heavy atom. The molecule has 0 saturated heterocycles. The lowest BCUT2D eigenvalue weighted by atomic mass is 10.1. The topological polar surface area (TPSA) is 150 Å². The number of hydrogen-bond acceptors (Lipinski definition) is 9. The maximum absolute atomic E-state index is 9.23. The van der Waals surface area contributed by atoms with Gasteiger partial charge in [-0.1, -0.05) is 5.21 Å². The van der Waals surface area contributed by atoms with E-state index < -0.39 is 0 Å². The molecule has 150 valence electrons. The van der Waals surface area contributed by atoms with E-state index in [0.717, 1.165) is 5.69 Å². The van der Waals surface area contributed by atoms with E-state index in [0.29, 0.717) is 39.4 Å². The van der Waals surface area contributed by atoms with E-state index in [1.54, 1.807) is 34.0 Å². The molecule has 0 aromatic carbocycles. The molecule has 5 rings (SSSR count). The highest BCUT2D eigenvalue weighted by Crippen LogP contribution is 2.32. The van der Waals surface area contributed by atoms with E-state index in [1.807, 2.05) is 25.3 Å². The predicted octanol–water partition coefficient (Wildman–Crippen LogP) is 1.93. The molecule has 0 aliphatic heterocycles. The summed E-state index contributed by atoms with van der Waals surface area (Å²) in [5.74, 6) is 0.292. The Labute approximate surface area is 175 Å². The van der Waals surface area contributed by atoms with Crippen molar-refractivity contribution >= 4 is 16.9 Å². The molecule has 5 aromatic rings. The van der Waals surface area contributed by atoms with Crippen molar-refractivity contribution in [2.24, 2.45) is 0 Å². The van der Waals surface area contributed by atoms with Crippen molar-refractivity contribution in [3.8, 4) is 23.0 Å². The van der Waals surface area contributed by atoms with Crippen LogP contribution in [-0.2, 0) is 0 Å². The van der Waals surface area contributed by atoms with Gasteiger partial charge in [0, 0.05) is 24.2 Å². The summed E-state index contributed by atoms with van der Waals surface area (Å²) in [5, 5.41) is 23.1. The molecular formula is C20H15N11. The zero-order valence-corrected chi connectivity index (χ0v) is 16.3. The number of rotatable bonds is 4. The van der Waals surface area contributed by atoms with Crippen molar-refractivity contribution in [2.45, 2.75) is 13.0 Å². The summed E-state index contributed by atoms with van der Waals surface area (Å²) in [6.45, 7) is 1.94. The molecule has 5 aromatic heterocycles. The minimum absolute atomic E-state index is 0.292. The Morgan fingerprint density at radius 3 is 2.87 bits per heavy atom. The van der Waals surface area contributed by atoms with Crippen LogP contribution in [0.4, 0.5) is 5.82 Å². The lowest BCUT2D eigenvalue weighted by Crippen LogP contribution is -2.10. The number of nitrogens with zero attached hydrogens (tertiary/aromatic N) is 10. The molecule has 0 aliphatic carbocycles. The first kappa shape index (κ1) is 18.3. The van der Waals surface area contributed by atoms with Gasteiger partial charge in [-0.05, 0) is 25.1 Å². The Bertz CT molecular complexity index is 1430. The number of nitrogens with two attached hydrogens (primary N) is 1. The average molecular weight is 409 g/mol. The summed E-state index contributed by atoms with van der Waals surface area (Å²) in [7, 11) is 0. The first-order valence-electron chi connectivity index (χ1n) is 9.32. The monoisotopic (exact) mass is 409 g/mol. The third-order valence-electron chi connectivity index (χ3n) is 4.88. The van der Waals surface area contributed by atoms with Gasteiger partial charge in [-0.2, -0.15) is 10.4 Å². The van der Waals surface area contributed by atoms with Gasteiger partial charge in [-0.3, -0.25) is 9.97 Å². The molecule has 0 bridgehead atoms. The number of nitriles is 1. The zero-order chi connectivity index (χ0) is 21.4. The molecule has 31 heavy (non-hydrogen) atoms. The fourth-order valence-corrected chi connectivity index (χ4v) is 3.31. The molecule has 1 unspecified atom stereocenters. The molecular weight excluding hydrogens is 394 g/mol. The number of pyridine rings is 2. The Morgan fingerprint density at radius 1 is 1.16 bits per heavy atom. The van der Waals surface area contributed by atoms with Crippen molar-refractivity contribution in [3.05, 3.63) is 66.8 Å². The first-order valence-corrected chi connectivity index (χ1v) is 9.32. The summed E-state index contributed by atoms with van der Waals surface area (Å²) in [6, 6.07) is 7.21. The second kappa shape index (κ2) is 7.27. The van der Waals surface area contributed by atoms with Crippen LogP contribution in [0.5, 0.6) is 0 Å². The van der Waals surface area contributed by atoms with Crippen LogP contribution in [-0.4, -0.2) is 44.7 Å². The number of nitrogen functional groups attached to an aromatic ring is 1. The summed E-state index contributed by atoms with van der Waals surface area (Å²) < 4.78 is 3.37. The number of aromatic nitrogens is 9. The van der Waals surface area contributed by atoms with Gasteiger partial charge in [-0.15, -0.1) is 5.10 Å². The van der Waals surface area contributed by atoms with Crippen LogP contribution >= 0.6 is 0 Å². The highest BCUT2D eigenvalue weighted by Gasteiger charge is 2.23. The molecule has 0 radical (unpaired) electrons. The van der Waals surface area contributed by atoms with Crippen LogP contribution in [0.1, 0.15) is 24.2 Å². The lowest BCUT2D eigenvalue weighted by molar-refractivity contribution is 0.565. The maximum Gasteiger partial charge on any atom is 0.164 e. The molecule has 5 heterocycles. The van der Waals surface area contributed by atoms with Gasteiger partial charge in [-0.25, -0.2) is 19.3 Å². The smallest absolute Gasteiger partial charge is 0.164 e. The van der Waals surface area contributed by atoms with Crippen molar-refractivity contribution in [2.75, 3.05) is 5.73 Å². The van der Waals surface area contributed by atoms with E-state index in [-0.39, 0.29) is 6.04 Å². The SMILES string of the molecule is CC(c1cn(-c2cccnc2)nn1)n1nc(-c2cncc(C#N)c2)c2c(N)ncnc21. The molecule has 0 amide bonds. The third kappa shape index (κ3) is 3.12. The fraction of sp³-hybridized carbons (Fsp3) is 0.100. The van der Waals surface area contributed by atoms with Gasteiger partial charge in [0.25, 0.3) is 0 Å². The van der Waals surface area contributed by atoms with E-state index >= 15 is 0 Å². The lowest BCUT2D eigenvalue weighted by Gasteiger charge is -2.09. The summed E-state index contributed by atoms with van der Waals surface area (Å²) in [6.07, 6.45) is 9.72. The van der Waals surface area contributed by atoms with E-state index in [4.69, 9.17) is 10.8 Å². The molecule has 2 N–H and O–H groups in total. The van der Waals surface area contributed by atoms with Gasteiger partial charge < -0.3 is 5.73 Å². The third-order valence-corrected chi connectivity index (χ3v) is 4.88. The maximum atomic E-state index is 9.23. The molecule has 0 spiro atoms. The molecule has 0 fully saturated rings. The quantitative estimate of drug-likeness (QED) is 0.469. The number of hydrogen-bond donors (Lipinski definition) is 1. The second-order valence-electron chi connectivity index (χ2n) is 6.80. The fourth-order valence-electron chi connectivity index (χ4n) is 3.31. The number of anilines is 1. The Kier molecular flexibility index (Phi) is 4.30. The largest absolute Gasteiger partial charge is 0.383 e. The van der Waals surface area contributed by atoms with Crippen molar-refractivity contribution in [1.82, 2.24) is 44.7 Å². The van der Waals surface area contributed by atoms with Gasteiger partial charge in [0.15, 0.2) is 5.65 Å². The van der Waals surface area contributed by atoms with Crippen LogP contribution in [0, 0.1) is 11.3 Å². The summed E-state index contributed by atoms with van der Waals surface area (Å²) in [4.78, 5) is 16.8. The highest BCUT2D eigenvalue weighted by molar-refractivity contribution is 5.98. The molecule has 0 saturated carbocycles. The average Bonchev–Trinajstić information content (AvgIpc) is 3.46. The highest BCUT2D eigenvalue weighted by atomic mass is 15.4. The Hall–Kier alpha value is -4.72. The van der Waals surface area contributed by atoms with Crippen molar-refractivity contribution < 1.29 is 0 Å².